The van der Waals surface area contributed by atoms with E-state index in [0.717, 1.165) is 34.4 Å². The van der Waals surface area contributed by atoms with Gasteiger partial charge in [0.05, 0.1) is 23.0 Å². The zero-order chi connectivity index (χ0) is 38.4. The average Bonchev–Trinajstić information content (AvgIpc) is 3.57. The van der Waals surface area contributed by atoms with Crippen molar-refractivity contribution in [2.45, 2.75) is 37.5 Å². The Labute approximate surface area is 340 Å². The summed E-state index contributed by atoms with van der Waals surface area (Å²) < 4.78 is 0. The van der Waals surface area contributed by atoms with Crippen LogP contribution in [0.25, 0.3) is 77.8 Å². The van der Waals surface area contributed by atoms with Gasteiger partial charge in [0.15, 0.2) is 0 Å². The van der Waals surface area contributed by atoms with Gasteiger partial charge in [-0.25, -0.2) is 4.98 Å². The van der Waals surface area contributed by atoms with Crippen LogP contribution in [0.3, 0.4) is 0 Å². The van der Waals surface area contributed by atoms with E-state index in [1.165, 1.54) is 87.4 Å². The quantitative estimate of drug-likeness (QED) is 0.176. The lowest BCUT2D eigenvalue weighted by Gasteiger charge is -2.61. The molecule has 5 aliphatic carbocycles. The molecule has 4 saturated carbocycles. The second-order valence-corrected chi connectivity index (χ2v) is 17.5. The predicted molar refractivity (Wildman–Crippen MR) is 237 cm³/mol. The number of nitriles is 1. The summed E-state index contributed by atoms with van der Waals surface area (Å²) in [4.78, 5) is 5.26. The number of aromatic nitrogens is 1. The van der Waals surface area contributed by atoms with E-state index in [1.54, 1.807) is 11.1 Å². The van der Waals surface area contributed by atoms with Gasteiger partial charge < -0.3 is 0 Å². The standard InChI is InChI=1S/C56H42N2/c57-34-35-13-15-38(16-14-35)43-21-23-49-50-24-22-44(31-53(50)56(52(49)30-43)46-26-36-25-37(28-46)29-47(56)27-36)39-17-19-40(20-18-39)45-32-54(42-8-2-1-3-9-42)58-55(33-45)51-12-6-10-41-7-4-5-11-48(41)51/h1-24,30-33,36-37,46-47H,25-29H2. The minimum atomic E-state index is 0.0551. The molecule has 0 aliphatic heterocycles. The van der Waals surface area contributed by atoms with Gasteiger partial charge in [0.1, 0.15) is 0 Å². The Morgan fingerprint density at radius 1 is 0.431 bits per heavy atom. The molecule has 1 aromatic heterocycles. The summed E-state index contributed by atoms with van der Waals surface area (Å²) in [6, 6.07) is 64.5. The Morgan fingerprint density at radius 2 is 0.966 bits per heavy atom. The molecule has 1 spiro atoms. The van der Waals surface area contributed by atoms with E-state index >= 15 is 0 Å². The fourth-order valence-corrected chi connectivity index (χ4v) is 12.2. The molecule has 4 bridgehead atoms. The topological polar surface area (TPSA) is 36.7 Å². The Hall–Kier alpha value is -6.56. The molecule has 0 N–H and O–H groups in total. The first kappa shape index (κ1) is 33.6. The van der Waals surface area contributed by atoms with E-state index in [9.17, 15) is 5.26 Å². The molecule has 2 nitrogen and oxygen atoms in total. The molecular formula is C56H42N2. The van der Waals surface area contributed by atoms with Crippen LogP contribution in [-0.2, 0) is 5.41 Å². The molecule has 0 amide bonds. The van der Waals surface area contributed by atoms with E-state index in [-0.39, 0.29) is 5.41 Å². The number of benzene rings is 7. The van der Waals surface area contributed by atoms with Crippen molar-refractivity contribution in [2.75, 3.05) is 0 Å². The zero-order valence-corrected chi connectivity index (χ0v) is 32.4. The molecule has 0 saturated heterocycles. The van der Waals surface area contributed by atoms with Crippen molar-refractivity contribution in [3.05, 3.63) is 187 Å². The van der Waals surface area contributed by atoms with Crippen molar-refractivity contribution in [2.24, 2.45) is 23.7 Å². The van der Waals surface area contributed by atoms with Crippen molar-refractivity contribution < 1.29 is 0 Å². The Bertz CT molecular complexity index is 2920. The van der Waals surface area contributed by atoms with Crippen LogP contribution in [0.4, 0.5) is 0 Å². The molecule has 276 valence electrons. The number of pyridine rings is 1. The smallest absolute Gasteiger partial charge is 0.0991 e. The monoisotopic (exact) mass is 742 g/mol. The Balaban J connectivity index is 0.953. The number of nitrogens with zero attached hydrogens (tertiary/aromatic N) is 2. The van der Waals surface area contributed by atoms with E-state index < -0.39 is 0 Å². The summed E-state index contributed by atoms with van der Waals surface area (Å²) >= 11 is 0. The van der Waals surface area contributed by atoms with Crippen LogP contribution >= 0.6 is 0 Å². The van der Waals surface area contributed by atoms with Gasteiger partial charge in [-0.2, -0.15) is 5.26 Å². The van der Waals surface area contributed by atoms with Crippen LogP contribution in [0.2, 0.25) is 0 Å². The highest BCUT2D eigenvalue weighted by Crippen LogP contribution is 2.69. The third-order valence-corrected chi connectivity index (χ3v) is 14.5. The van der Waals surface area contributed by atoms with E-state index in [1.807, 2.05) is 12.1 Å². The molecule has 4 fully saturated rings. The number of fused-ring (bicyclic) bond motifs is 4. The van der Waals surface area contributed by atoms with Crippen LogP contribution in [0.5, 0.6) is 0 Å². The normalized spacial score (nSPS) is 22.2. The van der Waals surface area contributed by atoms with Crippen molar-refractivity contribution in [3.8, 4) is 73.1 Å². The maximum Gasteiger partial charge on any atom is 0.0991 e. The number of hydrogen-bond donors (Lipinski definition) is 0. The molecule has 13 rings (SSSR count). The number of hydrogen-bond acceptors (Lipinski definition) is 2. The first-order chi connectivity index (χ1) is 28.6. The molecule has 5 aliphatic rings. The van der Waals surface area contributed by atoms with Crippen LogP contribution in [-0.4, -0.2) is 4.98 Å². The van der Waals surface area contributed by atoms with Crippen LogP contribution in [0, 0.1) is 35.0 Å². The van der Waals surface area contributed by atoms with Gasteiger partial charge in [-0.3, -0.25) is 0 Å². The summed E-state index contributed by atoms with van der Waals surface area (Å²) in [5.41, 5.74) is 18.3. The minimum absolute atomic E-state index is 0.0551. The highest BCUT2D eigenvalue weighted by molar-refractivity contribution is 5.97. The molecule has 2 heteroatoms. The Morgan fingerprint density at radius 3 is 1.60 bits per heavy atom. The lowest BCUT2D eigenvalue weighted by Crippen LogP contribution is -2.55. The summed E-state index contributed by atoms with van der Waals surface area (Å²) in [6.45, 7) is 0. The maximum absolute atomic E-state index is 9.45. The lowest BCUT2D eigenvalue weighted by molar-refractivity contribution is -0.0399. The van der Waals surface area contributed by atoms with Crippen LogP contribution in [0.15, 0.2) is 170 Å². The van der Waals surface area contributed by atoms with E-state index in [2.05, 4.69) is 164 Å². The molecule has 1 heterocycles. The van der Waals surface area contributed by atoms with Crippen LogP contribution in [0.1, 0.15) is 48.8 Å². The fourth-order valence-electron chi connectivity index (χ4n) is 12.2. The largest absolute Gasteiger partial charge is 0.248 e. The van der Waals surface area contributed by atoms with Gasteiger partial charge >= 0.3 is 0 Å². The lowest BCUT2D eigenvalue weighted by atomic mass is 9.43. The molecule has 58 heavy (non-hydrogen) atoms. The SMILES string of the molecule is N#Cc1ccc(-c2ccc3c(c2)C2(c4cc(-c5ccc(-c6cc(-c7ccccc7)nc(-c7cccc8ccccc78)c6)cc5)ccc4-3)C3CC4CC(C3)CC2C4)cc1. The van der Waals surface area contributed by atoms with Gasteiger partial charge in [-0.1, -0.05) is 133 Å². The third kappa shape index (κ3) is 5.13. The molecule has 0 unspecified atom stereocenters. The summed E-state index contributed by atoms with van der Waals surface area (Å²) in [6.07, 6.45) is 6.84. The molecule has 0 atom stereocenters. The first-order valence-electron chi connectivity index (χ1n) is 21.1. The third-order valence-electron chi connectivity index (χ3n) is 14.5. The van der Waals surface area contributed by atoms with E-state index in [0.29, 0.717) is 17.4 Å². The summed E-state index contributed by atoms with van der Waals surface area (Å²) in [5, 5.41) is 11.9. The van der Waals surface area contributed by atoms with Gasteiger partial charge in [-0.05, 0) is 159 Å². The van der Waals surface area contributed by atoms with Gasteiger partial charge in [0.2, 0.25) is 0 Å². The Kier molecular flexibility index (Phi) is 7.52. The first-order valence-corrected chi connectivity index (χ1v) is 21.1. The van der Waals surface area contributed by atoms with Crippen molar-refractivity contribution in [3.63, 3.8) is 0 Å². The summed E-state index contributed by atoms with van der Waals surface area (Å²) in [5.74, 6) is 3.13. The minimum Gasteiger partial charge on any atom is -0.248 e. The highest BCUT2D eigenvalue weighted by Gasteiger charge is 2.61. The molecule has 0 radical (unpaired) electrons. The van der Waals surface area contributed by atoms with Crippen molar-refractivity contribution in [1.29, 1.82) is 5.26 Å². The van der Waals surface area contributed by atoms with E-state index in [4.69, 9.17) is 4.98 Å². The summed E-state index contributed by atoms with van der Waals surface area (Å²) in [7, 11) is 0. The molecule has 8 aromatic rings. The second-order valence-electron chi connectivity index (χ2n) is 17.5. The van der Waals surface area contributed by atoms with Gasteiger partial charge in [0.25, 0.3) is 0 Å². The van der Waals surface area contributed by atoms with Crippen molar-refractivity contribution >= 4 is 10.8 Å². The molecular weight excluding hydrogens is 701 g/mol. The van der Waals surface area contributed by atoms with Gasteiger partial charge in [-0.15, -0.1) is 0 Å². The number of rotatable bonds is 5. The van der Waals surface area contributed by atoms with Gasteiger partial charge in [0, 0.05) is 16.5 Å². The van der Waals surface area contributed by atoms with Crippen molar-refractivity contribution in [1.82, 2.24) is 4.98 Å². The average molecular weight is 743 g/mol. The molecule has 7 aromatic carbocycles. The fraction of sp³-hybridized carbons (Fsp3) is 0.179. The second kappa shape index (κ2) is 13.0. The predicted octanol–water partition coefficient (Wildman–Crippen LogP) is 14.2. The van der Waals surface area contributed by atoms with Crippen LogP contribution < -0.4 is 0 Å². The highest BCUT2D eigenvalue weighted by atomic mass is 14.7. The maximum atomic E-state index is 9.45. The zero-order valence-electron chi connectivity index (χ0n) is 32.4.